The lowest BCUT2D eigenvalue weighted by atomic mass is 9.97. The topological polar surface area (TPSA) is 71.1 Å². The summed E-state index contributed by atoms with van der Waals surface area (Å²) >= 11 is 4.90. The quantitative estimate of drug-likeness (QED) is 0.407. The summed E-state index contributed by atoms with van der Waals surface area (Å²) in [5, 5.41) is 7.28. The molecule has 1 aliphatic heterocycles. The summed E-state index contributed by atoms with van der Waals surface area (Å²) < 4.78 is 14.3. The number of hydrogen-bond acceptors (Lipinski definition) is 5. The minimum atomic E-state index is -0.743. The highest BCUT2D eigenvalue weighted by Gasteiger charge is 2.37. The van der Waals surface area contributed by atoms with Gasteiger partial charge in [0.2, 0.25) is 5.78 Å². The van der Waals surface area contributed by atoms with Crippen molar-refractivity contribution < 1.29 is 14.0 Å². The summed E-state index contributed by atoms with van der Waals surface area (Å²) in [6.07, 6.45) is 3.87. The molecular weight excluding hydrogens is 505 g/mol. The second kappa shape index (κ2) is 9.44. The van der Waals surface area contributed by atoms with Gasteiger partial charge in [0.15, 0.2) is 0 Å². The Kier molecular flexibility index (Phi) is 6.40. The number of aromatic nitrogens is 1. The van der Waals surface area contributed by atoms with E-state index in [0.29, 0.717) is 17.2 Å². The number of ketones is 1. The molecule has 5 rings (SSSR count). The lowest BCUT2D eigenvalue weighted by Gasteiger charge is -2.24. The molecule has 2 aliphatic rings. The van der Waals surface area contributed by atoms with Gasteiger partial charge in [0, 0.05) is 22.0 Å². The third-order valence-corrected chi connectivity index (χ3v) is 7.83. The molecule has 1 amide bonds. The monoisotopic (exact) mass is 527 g/mol. The first-order valence-electron chi connectivity index (χ1n) is 11.1. The van der Waals surface area contributed by atoms with E-state index in [-0.39, 0.29) is 23.5 Å². The van der Waals surface area contributed by atoms with Crippen LogP contribution in [0.15, 0.2) is 53.0 Å². The first kappa shape index (κ1) is 22.4. The summed E-state index contributed by atoms with van der Waals surface area (Å²) in [5.41, 5.74) is 1.61. The molecule has 0 spiro atoms. The summed E-state index contributed by atoms with van der Waals surface area (Å²) in [7, 11) is 0. The number of rotatable bonds is 7. The van der Waals surface area contributed by atoms with Crippen LogP contribution < -0.4 is 10.6 Å². The molecule has 8 heteroatoms. The third kappa shape index (κ3) is 4.93. The van der Waals surface area contributed by atoms with Crippen molar-refractivity contribution in [3.8, 4) is 10.4 Å². The smallest absolute Gasteiger partial charge is 0.251 e. The van der Waals surface area contributed by atoms with Gasteiger partial charge in [-0.2, -0.15) is 0 Å². The van der Waals surface area contributed by atoms with Crippen molar-refractivity contribution in [1.29, 1.82) is 0 Å². The predicted molar refractivity (Wildman–Crippen MR) is 130 cm³/mol. The van der Waals surface area contributed by atoms with Crippen LogP contribution in [0.2, 0.25) is 0 Å². The van der Waals surface area contributed by atoms with Gasteiger partial charge >= 0.3 is 0 Å². The molecule has 2 N–H and O–H groups in total. The van der Waals surface area contributed by atoms with E-state index < -0.39 is 6.04 Å². The number of hydrogen-bond donors (Lipinski definition) is 2. The molecule has 2 fully saturated rings. The molecule has 2 heterocycles. The fourth-order valence-corrected chi connectivity index (χ4v) is 5.80. The lowest BCUT2D eigenvalue weighted by molar-refractivity contribution is 0.0836. The Morgan fingerprint density at radius 3 is 2.61 bits per heavy atom. The largest absolute Gasteiger partial charge is 0.340 e. The molecule has 1 aliphatic carbocycles. The van der Waals surface area contributed by atoms with Gasteiger partial charge in [-0.3, -0.25) is 9.59 Å². The zero-order chi connectivity index (χ0) is 22.9. The van der Waals surface area contributed by atoms with E-state index in [2.05, 4.69) is 26.6 Å². The van der Waals surface area contributed by atoms with E-state index >= 15 is 0 Å². The van der Waals surface area contributed by atoms with Crippen LogP contribution in [0.25, 0.3) is 10.4 Å². The minimum Gasteiger partial charge on any atom is -0.340 e. The van der Waals surface area contributed by atoms with Crippen LogP contribution in [0.4, 0.5) is 4.39 Å². The Hall–Kier alpha value is -2.42. The molecule has 170 valence electrons. The Bertz CT molecular complexity index is 1190. The first-order chi connectivity index (χ1) is 16.0. The maximum atomic E-state index is 13.9. The molecular formula is C25H23BrFN3O2S. The number of Topliss-reactive ketones (excluding diaryl/α,β-unsaturated/α-hetero) is 1. The van der Waals surface area contributed by atoms with Crippen molar-refractivity contribution in [2.45, 2.75) is 43.7 Å². The Morgan fingerprint density at radius 1 is 1.15 bits per heavy atom. The van der Waals surface area contributed by atoms with Gasteiger partial charge in [0.1, 0.15) is 17.6 Å². The highest BCUT2D eigenvalue weighted by atomic mass is 79.9. The molecule has 1 saturated heterocycles. The van der Waals surface area contributed by atoms with Crippen molar-refractivity contribution in [2.75, 3.05) is 6.54 Å². The van der Waals surface area contributed by atoms with Crippen molar-refractivity contribution in [3.63, 3.8) is 0 Å². The third-order valence-electron chi connectivity index (χ3n) is 6.07. The standard InChI is InChI=1S/C25H23BrFN3O2S/c26-17-4-1-3-16(13-17)24(32)29-20(19-5-2-12-28-19)22(31)21-23(14-8-10-18(27)11-9-14)33-25(30-21)15-6-7-15/h1,3-4,8-11,13,15,19-20,28H,2,5-7,12H2,(H,29,32). The van der Waals surface area contributed by atoms with E-state index in [0.717, 1.165) is 52.1 Å². The lowest BCUT2D eigenvalue weighted by Crippen LogP contribution is -2.52. The van der Waals surface area contributed by atoms with Gasteiger partial charge in [0.05, 0.1) is 9.88 Å². The second-order valence-electron chi connectivity index (χ2n) is 8.54. The van der Waals surface area contributed by atoms with Crippen LogP contribution in [0.5, 0.6) is 0 Å². The molecule has 5 nitrogen and oxygen atoms in total. The highest BCUT2D eigenvalue weighted by molar-refractivity contribution is 9.10. The molecule has 0 bridgehead atoms. The Balaban J connectivity index is 1.50. The van der Waals surface area contributed by atoms with Crippen LogP contribution in [0, 0.1) is 5.82 Å². The number of carbonyl (C=O) groups is 2. The molecule has 2 atom stereocenters. The number of halogens is 2. The second-order valence-corrected chi connectivity index (χ2v) is 10.5. The van der Waals surface area contributed by atoms with Crippen molar-refractivity contribution in [1.82, 2.24) is 15.6 Å². The SMILES string of the molecule is O=C(NC(C(=O)c1nc(C2CC2)sc1-c1ccc(F)cc1)C1CCCN1)c1cccc(Br)c1. The number of thiazole rings is 1. The van der Waals surface area contributed by atoms with Crippen molar-refractivity contribution >= 4 is 39.0 Å². The van der Waals surface area contributed by atoms with Gasteiger partial charge in [-0.05, 0) is 68.1 Å². The maximum absolute atomic E-state index is 13.9. The summed E-state index contributed by atoms with van der Waals surface area (Å²) in [4.78, 5) is 32.4. The van der Waals surface area contributed by atoms with Gasteiger partial charge < -0.3 is 10.6 Å². The van der Waals surface area contributed by atoms with Gasteiger partial charge in [-0.15, -0.1) is 11.3 Å². The summed E-state index contributed by atoms with van der Waals surface area (Å²) in [6, 6.07) is 12.3. The molecule has 1 aromatic heterocycles. The average Bonchev–Trinajstić information content (AvgIpc) is 3.34. The summed E-state index contributed by atoms with van der Waals surface area (Å²) in [5.74, 6) is -0.451. The Morgan fingerprint density at radius 2 is 1.94 bits per heavy atom. The van der Waals surface area contributed by atoms with E-state index in [4.69, 9.17) is 4.98 Å². The molecule has 2 unspecified atom stereocenters. The number of benzene rings is 2. The molecule has 1 saturated carbocycles. The van der Waals surface area contributed by atoms with E-state index in [9.17, 15) is 14.0 Å². The van der Waals surface area contributed by atoms with Crippen LogP contribution in [-0.4, -0.2) is 35.3 Å². The van der Waals surface area contributed by atoms with Crippen LogP contribution >= 0.6 is 27.3 Å². The van der Waals surface area contributed by atoms with Crippen molar-refractivity contribution in [2.24, 2.45) is 0 Å². The van der Waals surface area contributed by atoms with Crippen LogP contribution in [0.1, 0.15) is 57.5 Å². The normalized spacial score (nSPS) is 18.8. The van der Waals surface area contributed by atoms with Crippen molar-refractivity contribution in [3.05, 3.63) is 75.1 Å². The fourth-order valence-electron chi connectivity index (χ4n) is 4.15. The zero-order valence-electron chi connectivity index (χ0n) is 17.8. The van der Waals surface area contributed by atoms with Gasteiger partial charge in [-0.25, -0.2) is 9.37 Å². The van der Waals surface area contributed by atoms with E-state index in [1.807, 2.05) is 6.07 Å². The van der Waals surface area contributed by atoms with E-state index in [1.54, 1.807) is 30.3 Å². The predicted octanol–water partition coefficient (Wildman–Crippen LogP) is 5.32. The minimum absolute atomic E-state index is 0.166. The van der Waals surface area contributed by atoms with Gasteiger partial charge in [0.25, 0.3) is 5.91 Å². The number of nitrogens with one attached hydrogen (secondary N) is 2. The number of nitrogens with zero attached hydrogens (tertiary/aromatic N) is 1. The number of carbonyl (C=O) groups excluding carboxylic acids is 2. The first-order valence-corrected chi connectivity index (χ1v) is 12.7. The zero-order valence-corrected chi connectivity index (χ0v) is 20.2. The maximum Gasteiger partial charge on any atom is 0.251 e. The average molecular weight is 528 g/mol. The van der Waals surface area contributed by atoms with Gasteiger partial charge in [-0.1, -0.05) is 34.1 Å². The molecule has 2 aromatic carbocycles. The summed E-state index contributed by atoms with van der Waals surface area (Å²) in [6.45, 7) is 0.802. The van der Waals surface area contributed by atoms with E-state index in [1.165, 1.54) is 23.5 Å². The fraction of sp³-hybridized carbons (Fsp3) is 0.320. The molecule has 33 heavy (non-hydrogen) atoms. The van der Waals surface area contributed by atoms with Crippen LogP contribution in [0.3, 0.4) is 0 Å². The highest BCUT2D eigenvalue weighted by Crippen LogP contribution is 2.45. The molecule has 3 aromatic rings. The molecule has 0 radical (unpaired) electrons. The Labute approximate surface area is 203 Å². The number of amides is 1. The van der Waals surface area contributed by atoms with Crippen LogP contribution in [-0.2, 0) is 0 Å².